The molecule has 0 aliphatic heterocycles. The first-order valence-corrected chi connectivity index (χ1v) is 7.70. The maximum Gasteiger partial charge on any atom is 0.319 e. The Morgan fingerprint density at radius 2 is 1.92 bits per heavy atom. The second-order valence-corrected chi connectivity index (χ2v) is 5.42. The molecule has 3 aromatic rings. The Labute approximate surface area is 143 Å². The number of carbonyl (C=O) groups excluding carboxylic acids is 1. The first-order chi connectivity index (χ1) is 11.7. The molecule has 3 rings (SSSR count). The second-order valence-electron chi connectivity index (χ2n) is 4.98. The summed E-state index contributed by atoms with van der Waals surface area (Å²) in [7, 11) is 0. The van der Waals surface area contributed by atoms with Crippen molar-refractivity contribution in [1.82, 2.24) is 25.1 Å². The lowest BCUT2D eigenvalue weighted by atomic mass is 10.1. The van der Waals surface area contributed by atoms with Gasteiger partial charge in [-0.1, -0.05) is 23.7 Å². The summed E-state index contributed by atoms with van der Waals surface area (Å²) in [6, 6.07) is 8.96. The van der Waals surface area contributed by atoms with Gasteiger partial charge in [0.05, 0.1) is 18.1 Å². The number of hydrogen-bond acceptors (Lipinski definition) is 4. The number of benzene rings is 1. The molecule has 2 heterocycles. The van der Waals surface area contributed by atoms with Crippen molar-refractivity contribution in [3.8, 4) is 5.95 Å². The number of urea groups is 1. The molecule has 0 spiro atoms. The molecule has 0 radical (unpaired) electrons. The Bertz CT molecular complexity index is 803. The van der Waals surface area contributed by atoms with Crippen molar-refractivity contribution in [3.05, 3.63) is 65.7 Å². The van der Waals surface area contributed by atoms with Gasteiger partial charge in [0.2, 0.25) is 5.95 Å². The summed E-state index contributed by atoms with van der Waals surface area (Å²) in [5.74, 6) is 0.439. The topological polar surface area (TPSA) is 84.7 Å². The van der Waals surface area contributed by atoms with Gasteiger partial charge in [-0.25, -0.2) is 19.4 Å². The highest BCUT2D eigenvalue weighted by Crippen LogP contribution is 2.10. The van der Waals surface area contributed by atoms with Gasteiger partial charge in [0, 0.05) is 24.0 Å². The van der Waals surface area contributed by atoms with E-state index in [9.17, 15) is 4.79 Å². The number of carbonyl (C=O) groups is 1. The van der Waals surface area contributed by atoms with Gasteiger partial charge in [-0.3, -0.25) is 0 Å². The lowest BCUT2D eigenvalue weighted by molar-refractivity contribution is 0.252. The Kier molecular flexibility index (Phi) is 5.02. The fraction of sp³-hybridized carbons (Fsp3) is 0.125. The van der Waals surface area contributed by atoms with Crippen molar-refractivity contribution < 1.29 is 4.79 Å². The molecule has 0 aliphatic carbocycles. The number of aromatic nitrogens is 4. The monoisotopic (exact) mass is 342 g/mol. The van der Waals surface area contributed by atoms with Crippen molar-refractivity contribution >= 4 is 23.3 Å². The number of anilines is 1. The third kappa shape index (κ3) is 4.30. The van der Waals surface area contributed by atoms with Crippen LogP contribution in [0, 0.1) is 0 Å². The molecule has 2 amide bonds. The van der Waals surface area contributed by atoms with E-state index in [2.05, 4.69) is 25.7 Å². The number of nitrogens with zero attached hydrogens (tertiary/aromatic N) is 4. The molecule has 0 aliphatic rings. The van der Waals surface area contributed by atoms with Crippen LogP contribution in [0.3, 0.4) is 0 Å². The highest BCUT2D eigenvalue weighted by atomic mass is 35.5. The normalized spacial score (nSPS) is 10.4. The van der Waals surface area contributed by atoms with E-state index in [-0.39, 0.29) is 6.03 Å². The fourth-order valence-corrected chi connectivity index (χ4v) is 2.18. The van der Waals surface area contributed by atoms with E-state index in [1.807, 2.05) is 24.3 Å². The van der Waals surface area contributed by atoms with Crippen LogP contribution in [-0.2, 0) is 6.42 Å². The average molecular weight is 343 g/mol. The van der Waals surface area contributed by atoms with E-state index in [1.165, 1.54) is 10.9 Å². The van der Waals surface area contributed by atoms with Crippen LogP contribution in [0.1, 0.15) is 5.56 Å². The van der Waals surface area contributed by atoms with Gasteiger partial charge in [0.1, 0.15) is 0 Å². The Balaban J connectivity index is 1.48. The van der Waals surface area contributed by atoms with Gasteiger partial charge >= 0.3 is 6.03 Å². The smallest absolute Gasteiger partial charge is 0.319 e. The molecule has 8 heteroatoms. The van der Waals surface area contributed by atoms with Crippen LogP contribution in [0.5, 0.6) is 0 Å². The van der Waals surface area contributed by atoms with E-state index in [1.54, 1.807) is 24.7 Å². The van der Waals surface area contributed by atoms with E-state index in [4.69, 9.17) is 11.6 Å². The van der Waals surface area contributed by atoms with Gasteiger partial charge in [-0.15, -0.1) is 0 Å². The van der Waals surface area contributed by atoms with Crippen molar-refractivity contribution in [2.75, 3.05) is 11.9 Å². The molecule has 0 saturated carbocycles. The molecule has 0 unspecified atom stereocenters. The fourth-order valence-electron chi connectivity index (χ4n) is 2.05. The van der Waals surface area contributed by atoms with Crippen molar-refractivity contribution in [1.29, 1.82) is 0 Å². The molecule has 24 heavy (non-hydrogen) atoms. The van der Waals surface area contributed by atoms with Crippen LogP contribution in [0.25, 0.3) is 5.95 Å². The SMILES string of the molecule is O=C(NCCc1ccc(Cl)cc1)Nc1cnn(-c2ncccn2)c1. The van der Waals surface area contributed by atoms with Crippen LogP contribution in [0.2, 0.25) is 5.02 Å². The number of nitrogens with one attached hydrogen (secondary N) is 2. The number of hydrogen-bond donors (Lipinski definition) is 2. The summed E-state index contributed by atoms with van der Waals surface area (Å²) in [5.41, 5.74) is 1.67. The predicted octanol–water partition coefficient (Wildman–Crippen LogP) is 2.68. The Morgan fingerprint density at radius 1 is 1.17 bits per heavy atom. The summed E-state index contributed by atoms with van der Waals surface area (Å²) in [6.45, 7) is 0.517. The standard InChI is InChI=1S/C16H15ClN6O/c17-13-4-2-12(3-5-13)6-9-20-16(24)22-14-10-21-23(11-14)15-18-7-1-8-19-15/h1-5,7-8,10-11H,6,9H2,(H2,20,22,24). The molecule has 0 saturated heterocycles. The van der Waals surface area contributed by atoms with Crippen molar-refractivity contribution in [3.63, 3.8) is 0 Å². The largest absolute Gasteiger partial charge is 0.338 e. The predicted molar refractivity (Wildman–Crippen MR) is 91.3 cm³/mol. The van der Waals surface area contributed by atoms with Gasteiger partial charge in [0.15, 0.2) is 0 Å². The zero-order valence-electron chi connectivity index (χ0n) is 12.7. The molecule has 2 N–H and O–H groups in total. The van der Waals surface area contributed by atoms with Crippen molar-refractivity contribution in [2.24, 2.45) is 0 Å². The van der Waals surface area contributed by atoms with Gasteiger partial charge in [0.25, 0.3) is 0 Å². The molecule has 0 bridgehead atoms. The van der Waals surface area contributed by atoms with Crippen LogP contribution in [-0.4, -0.2) is 32.3 Å². The molecule has 1 aromatic carbocycles. The summed E-state index contributed by atoms with van der Waals surface area (Å²) < 4.78 is 1.49. The summed E-state index contributed by atoms with van der Waals surface area (Å²) in [6.07, 6.45) is 7.16. The lowest BCUT2D eigenvalue weighted by Gasteiger charge is -2.06. The lowest BCUT2D eigenvalue weighted by Crippen LogP contribution is -2.30. The number of rotatable bonds is 5. The maximum absolute atomic E-state index is 11.9. The molecular formula is C16H15ClN6O. The Morgan fingerprint density at radius 3 is 2.67 bits per heavy atom. The van der Waals surface area contributed by atoms with Crippen LogP contribution in [0.15, 0.2) is 55.1 Å². The summed E-state index contributed by atoms with van der Waals surface area (Å²) >= 11 is 5.84. The summed E-state index contributed by atoms with van der Waals surface area (Å²) in [5, 5.41) is 10.3. The molecular weight excluding hydrogens is 328 g/mol. The van der Waals surface area contributed by atoms with Gasteiger partial charge < -0.3 is 10.6 Å². The summed E-state index contributed by atoms with van der Waals surface area (Å²) in [4.78, 5) is 20.1. The number of amides is 2. The first-order valence-electron chi connectivity index (χ1n) is 7.32. The highest BCUT2D eigenvalue weighted by Gasteiger charge is 2.06. The minimum Gasteiger partial charge on any atom is -0.338 e. The average Bonchev–Trinajstić information content (AvgIpc) is 3.06. The van der Waals surface area contributed by atoms with Crippen LogP contribution < -0.4 is 10.6 Å². The van der Waals surface area contributed by atoms with E-state index in [0.29, 0.717) is 23.2 Å². The third-order valence-corrected chi connectivity index (χ3v) is 3.46. The molecule has 2 aromatic heterocycles. The molecule has 0 fully saturated rings. The van der Waals surface area contributed by atoms with Crippen LogP contribution >= 0.6 is 11.6 Å². The second kappa shape index (κ2) is 7.56. The molecule has 7 nitrogen and oxygen atoms in total. The van der Waals surface area contributed by atoms with Gasteiger partial charge in [-0.2, -0.15) is 5.10 Å². The van der Waals surface area contributed by atoms with Crippen LogP contribution in [0.4, 0.5) is 10.5 Å². The minimum atomic E-state index is -0.294. The minimum absolute atomic E-state index is 0.294. The zero-order valence-corrected chi connectivity index (χ0v) is 13.4. The van der Waals surface area contributed by atoms with E-state index < -0.39 is 0 Å². The highest BCUT2D eigenvalue weighted by molar-refractivity contribution is 6.30. The Hall–Kier alpha value is -2.93. The quantitative estimate of drug-likeness (QED) is 0.746. The first kappa shape index (κ1) is 15.9. The number of halogens is 1. The zero-order chi connectivity index (χ0) is 16.8. The third-order valence-electron chi connectivity index (χ3n) is 3.21. The molecule has 122 valence electrons. The maximum atomic E-state index is 11.9. The molecule has 0 atom stereocenters. The van der Waals surface area contributed by atoms with E-state index >= 15 is 0 Å². The van der Waals surface area contributed by atoms with E-state index in [0.717, 1.165) is 12.0 Å². The van der Waals surface area contributed by atoms with Gasteiger partial charge in [-0.05, 0) is 30.2 Å². The van der Waals surface area contributed by atoms with Crippen molar-refractivity contribution in [2.45, 2.75) is 6.42 Å².